The molecule has 5 nitrogen and oxygen atoms in total. The second-order valence-electron chi connectivity index (χ2n) is 7.27. The highest BCUT2D eigenvalue weighted by Gasteiger charge is 2.43. The quantitative estimate of drug-likeness (QED) is 0.787. The Bertz CT molecular complexity index is 818. The smallest absolute Gasteiger partial charge is 0.150 e. The molecule has 0 spiro atoms. The van der Waals surface area contributed by atoms with Crippen LogP contribution in [0.15, 0.2) is 54.9 Å². The Kier molecular flexibility index (Phi) is 4.34. The van der Waals surface area contributed by atoms with Crippen molar-refractivity contribution in [1.82, 2.24) is 5.32 Å². The molecule has 5 heteroatoms. The van der Waals surface area contributed by atoms with Crippen LogP contribution >= 0.6 is 0 Å². The summed E-state index contributed by atoms with van der Waals surface area (Å²) in [6, 6.07) is 14.0. The molecular weight excluding hydrogens is 328 g/mol. The second kappa shape index (κ2) is 6.67. The van der Waals surface area contributed by atoms with E-state index in [4.69, 9.17) is 9.47 Å². The standard InChI is InChI=1S/C21H24N2O3/c1-21(2)20(24)19(23-9-8-14-6-4-3-5-7-14)15-12-18-16(13-17(15)26-21)22-10-11-25-18/h3-7,10-13,19-20,22-24H,8-9H2,1-2H3. The third kappa shape index (κ3) is 3.16. The first kappa shape index (κ1) is 16.9. The van der Waals surface area contributed by atoms with Crippen molar-refractivity contribution in [3.8, 4) is 11.5 Å². The SMILES string of the molecule is CC1(C)Oc2cc3c(cc2C(NCCc2ccccc2)C1O)OC=CN3. The van der Waals surface area contributed by atoms with E-state index in [-0.39, 0.29) is 6.04 Å². The van der Waals surface area contributed by atoms with Crippen LogP contribution in [0.3, 0.4) is 0 Å². The predicted molar refractivity (Wildman–Crippen MR) is 101 cm³/mol. The van der Waals surface area contributed by atoms with Gasteiger partial charge in [-0.25, -0.2) is 0 Å². The molecular formula is C21H24N2O3. The fraction of sp³-hybridized carbons (Fsp3) is 0.333. The van der Waals surface area contributed by atoms with Crippen molar-refractivity contribution >= 4 is 5.69 Å². The lowest BCUT2D eigenvalue weighted by Gasteiger charge is -2.43. The fourth-order valence-corrected chi connectivity index (χ4v) is 3.50. The molecule has 2 aliphatic rings. The molecule has 0 aromatic heterocycles. The predicted octanol–water partition coefficient (Wildman–Crippen LogP) is 3.37. The van der Waals surface area contributed by atoms with E-state index in [2.05, 4.69) is 22.8 Å². The number of aliphatic hydroxyl groups is 1. The van der Waals surface area contributed by atoms with Gasteiger partial charge in [-0.3, -0.25) is 0 Å². The van der Waals surface area contributed by atoms with Gasteiger partial charge in [0.25, 0.3) is 0 Å². The molecule has 3 N–H and O–H groups in total. The van der Waals surface area contributed by atoms with Gasteiger partial charge in [0.2, 0.25) is 0 Å². The minimum Gasteiger partial charge on any atom is -0.485 e. The van der Waals surface area contributed by atoms with E-state index < -0.39 is 11.7 Å². The van der Waals surface area contributed by atoms with Crippen LogP contribution in [0.1, 0.15) is 31.0 Å². The van der Waals surface area contributed by atoms with Crippen LogP contribution in [0.4, 0.5) is 5.69 Å². The summed E-state index contributed by atoms with van der Waals surface area (Å²) in [5, 5.41) is 17.6. The summed E-state index contributed by atoms with van der Waals surface area (Å²) >= 11 is 0. The molecule has 0 amide bonds. The van der Waals surface area contributed by atoms with Gasteiger partial charge in [0, 0.05) is 17.8 Å². The number of hydrogen-bond donors (Lipinski definition) is 3. The highest BCUT2D eigenvalue weighted by molar-refractivity contribution is 5.66. The highest BCUT2D eigenvalue weighted by atomic mass is 16.5. The first-order valence-corrected chi connectivity index (χ1v) is 8.95. The van der Waals surface area contributed by atoms with E-state index in [0.717, 1.165) is 35.7 Å². The zero-order valence-electron chi connectivity index (χ0n) is 15.0. The molecule has 2 aromatic rings. The van der Waals surface area contributed by atoms with Crippen LogP contribution in [0.2, 0.25) is 0 Å². The largest absolute Gasteiger partial charge is 0.485 e. The summed E-state index contributed by atoms with van der Waals surface area (Å²) in [6.45, 7) is 4.59. The van der Waals surface area contributed by atoms with Gasteiger partial charge in [-0.15, -0.1) is 0 Å². The number of anilines is 1. The van der Waals surface area contributed by atoms with Crippen LogP contribution in [-0.2, 0) is 6.42 Å². The molecule has 2 heterocycles. The van der Waals surface area contributed by atoms with Crippen LogP contribution in [-0.4, -0.2) is 23.4 Å². The Balaban J connectivity index is 1.59. The van der Waals surface area contributed by atoms with Gasteiger partial charge >= 0.3 is 0 Å². The molecule has 0 saturated carbocycles. The summed E-state index contributed by atoms with van der Waals surface area (Å²) in [5.74, 6) is 1.50. The van der Waals surface area contributed by atoms with Gasteiger partial charge in [0.15, 0.2) is 5.75 Å². The lowest BCUT2D eigenvalue weighted by molar-refractivity contribution is -0.0644. The van der Waals surface area contributed by atoms with Crippen molar-refractivity contribution in [2.45, 2.75) is 38.0 Å². The van der Waals surface area contributed by atoms with E-state index in [1.165, 1.54) is 5.56 Å². The second-order valence-corrected chi connectivity index (χ2v) is 7.27. The highest BCUT2D eigenvalue weighted by Crippen LogP contribution is 2.45. The zero-order chi connectivity index (χ0) is 18.1. The van der Waals surface area contributed by atoms with Gasteiger partial charge in [-0.2, -0.15) is 0 Å². The maximum atomic E-state index is 10.9. The van der Waals surface area contributed by atoms with Gasteiger partial charge in [0.05, 0.1) is 11.7 Å². The lowest BCUT2D eigenvalue weighted by Crippen LogP contribution is -2.52. The minimum absolute atomic E-state index is 0.225. The molecule has 2 aromatic carbocycles. The van der Waals surface area contributed by atoms with Crippen LogP contribution in [0, 0.1) is 0 Å². The van der Waals surface area contributed by atoms with Crippen LogP contribution < -0.4 is 20.1 Å². The molecule has 0 saturated heterocycles. The van der Waals surface area contributed by atoms with Gasteiger partial charge in [0.1, 0.15) is 23.7 Å². The Morgan fingerprint density at radius 1 is 1.15 bits per heavy atom. The van der Waals surface area contributed by atoms with Crippen molar-refractivity contribution in [2.24, 2.45) is 0 Å². The first-order chi connectivity index (χ1) is 12.5. The Morgan fingerprint density at radius 3 is 2.77 bits per heavy atom. The number of fused-ring (bicyclic) bond motifs is 2. The van der Waals surface area contributed by atoms with Gasteiger partial charge < -0.3 is 25.2 Å². The Morgan fingerprint density at radius 2 is 1.96 bits per heavy atom. The number of aliphatic hydroxyl groups excluding tert-OH is 1. The van der Waals surface area contributed by atoms with E-state index >= 15 is 0 Å². The normalized spacial score (nSPS) is 22.4. The summed E-state index contributed by atoms with van der Waals surface area (Å²) < 4.78 is 11.7. The molecule has 0 bridgehead atoms. The number of rotatable bonds is 4. The Hall–Kier alpha value is -2.50. The average molecular weight is 352 g/mol. The third-order valence-electron chi connectivity index (χ3n) is 4.97. The van der Waals surface area contributed by atoms with Gasteiger partial charge in [-0.1, -0.05) is 30.3 Å². The van der Waals surface area contributed by atoms with Crippen LogP contribution in [0.5, 0.6) is 11.5 Å². The van der Waals surface area contributed by atoms with E-state index in [1.807, 2.05) is 44.2 Å². The summed E-state index contributed by atoms with van der Waals surface area (Å²) in [7, 11) is 0. The molecule has 4 rings (SSSR count). The molecule has 0 aliphatic carbocycles. The van der Waals surface area contributed by atoms with Crippen molar-refractivity contribution in [3.63, 3.8) is 0 Å². The molecule has 0 radical (unpaired) electrons. The molecule has 2 aliphatic heterocycles. The maximum absolute atomic E-state index is 10.9. The molecule has 2 atom stereocenters. The average Bonchev–Trinajstić information content (AvgIpc) is 2.64. The minimum atomic E-state index is -0.684. The summed E-state index contributed by atoms with van der Waals surface area (Å²) in [6.07, 6.45) is 3.58. The van der Waals surface area contributed by atoms with E-state index in [0.29, 0.717) is 0 Å². The summed E-state index contributed by atoms with van der Waals surface area (Å²) in [4.78, 5) is 0. The maximum Gasteiger partial charge on any atom is 0.150 e. The zero-order valence-corrected chi connectivity index (χ0v) is 15.0. The van der Waals surface area contributed by atoms with Crippen molar-refractivity contribution < 1.29 is 14.6 Å². The van der Waals surface area contributed by atoms with Crippen molar-refractivity contribution in [3.05, 3.63) is 66.1 Å². The number of benzene rings is 2. The molecule has 0 fully saturated rings. The van der Waals surface area contributed by atoms with Crippen LogP contribution in [0.25, 0.3) is 0 Å². The van der Waals surface area contributed by atoms with Gasteiger partial charge in [-0.05, 0) is 38.4 Å². The fourth-order valence-electron chi connectivity index (χ4n) is 3.50. The molecule has 136 valence electrons. The van der Waals surface area contributed by atoms with Crippen molar-refractivity contribution in [1.29, 1.82) is 0 Å². The third-order valence-corrected chi connectivity index (χ3v) is 4.97. The monoisotopic (exact) mass is 352 g/mol. The van der Waals surface area contributed by atoms with E-state index in [9.17, 15) is 5.11 Å². The number of nitrogens with one attached hydrogen (secondary N) is 2. The Labute approximate surface area is 153 Å². The van der Waals surface area contributed by atoms with E-state index in [1.54, 1.807) is 12.5 Å². The number of hydrogen-bond acceptors (Lipinski definition) is 5. The number of ether oxygens (including phenoxy) is 2. The molecule has 26 heavy (non-hydrogen) atoms. The molecule has 2 unspecified atom stereocenters. The summed E-state index contributed by atoms with van der Waals surface area (Å²) in [5.41, 5.74) is 2.36. The lowest BCUT2D eigenvalue weighted by atomic mass is 9.86. The van der Waals surface area contributed by atoms with Crippen molar-refractivity contribution in [2.75, 3.05) is 11.9 Å². The topological polar surface area (TPSA) is 62.8 Å². The first-order valence-electron chi connectivity index (χ1n) is 8.95.